The van der Waals surface area contributed by atoms with E-state index in [-0.39, 0.29) is 0 Å². The van der Waals surface area contributed by atoms with Gasteiger partial charge >= 0.3 is 0 Å². The normalized spacial score (nSPS) is 25.2. The number of hydrogen-bond donors (Lipinski definition) is 1. The van der Waals surface area contributed by atoms with E-state index in [2.05, 4.69) is 30.5 Å². The SMILES string of the molecule is Cc1nn(C)cc1NC1CCOC(C(C)C)C1. The zero-order valence-electron chi connectivity index (χ0n) is 11.2. The number of anilines is 1. The molecule has 4 nitrogen and oxygen atoms in total. The van der Waals surface area contributed by atoms with Crippen LogP contribution in [0.2, 0.25) is 0 Å². The van der Waals surface area contributed by atoms with E-state index in [1.54, 1.807) is 0 Å². The second-order valence-electron chi connectivity index (χ2n) is 5.32. The lowest BCUT2D eigenvalue weighted by atomic mass is 9.95. The largest absolute Gasteiger partial charge is 0.379 e. The predicted molar refractivity (Wildman–Crippen MR) is 69.2 cm³/mol. The Balaban J connectivity index is 1.97. The standard InChI is InChI=1S/C13H23N3O/c1-9(2)13-7-11(5-6-17-13)14-12-8-16(4)15-10(12)3/h8-9,11,13-14H,5-7H2,1-4H3. The summed E-state index contributed by atoms with van der Waals surface area (Å²) in [5.41, 5.74) is 2.22. The highest BCUT2D eigenvalue weighted by molar-refractivity contribution is 5.46. The topological polar surface area (TPSA) is 39.1 Å². The minimum atomic E-state index is 0.387. The number of ether oxygens (including phenoxy) is 1. The van der Waals surface area contributed by atoms with Gasteiger partial charge in [0.1, 0.15) is 0 Å². The fourth-order valence-corrected chi connectivity index (χ4v) is 2.38. The van der Waals surface area contributed by atoms with Crippen molar-refractivity contribution >= 4 is 5.69 Å². The lowest BCUT2D eigenvalue weighted by molar-refractivity contribution is -0.0160. The first-order valence-corrected chi connectivity index (χ1v) is 6.44. The monoisotopic (exact) mass is 237 g/mol. The lowest BCUT2D eigenvalue weighted by Gasteiger charge is -2.32. The molecule has 96 valence electrons. The van der Waals surface area contributed by atoms with Crippen LogP contribution in [0.1, 0.15) is 32.4 Å². The minimum absolute atomic E-state index is 0.387. The Hall–Kier alpha value is -1.03. The maximum absolute atomic E-state index is 5.78. The molecular formula is C13H23N3O. The number of nitrogens with zero attached hydrogens (tertiary/aromatic N) is 2. The number of aromatic nitrogens is 2. The third kappa shape index (κ3) is 3.00. The van der Waals surface area contributed by atoms with Gasteiger partial charge in [-0.1, -0.05) is 13.8 Å². The molecule has 1 aromatic heterocycles. The van der Waals surface area contributed by atoms with Crippen molar-refractivity contribution in [3.05, 3.63) is 11.9 Å². The molecule has 17 heavy (non-hydrogen) atoms. The van der Waals surface area contributed by atoms with Crippen molar-refractivity contribution < 1.29 is 4.74 Å². The van der Waals surface area contributed by atoms with Crippen LogP contribution in [0.25, 0.3) is 0 Å². The molecule has 1 fully saturated rings. The average Bonchev–Trinajstić information content (AvgIpc) is 2.58. The molecule has 0 amide bonds. The summed E-state index contributed by atoms with van der Waals surface area (Å²) in [6.07, 6.45) is 4.61. The quantitative estimate of drug-likeness (QED) is 0.877. The molecule has 2 heterocycles. The maximum atomic E-state index is 5.78. The summed E-state index contributed by atoms with van der Waals surface area (Å²) in [5, 5.41) is 7.95. The first-order valence-electron chi connectivity index (χ1n) is 6.44. The van der Waals surface area contributed by atoms with Gasteiger partial charge in [0, 0.05) is 25.9 Å². The Labute approximate surface area is 103 Å². The van der Waals surface area contributed by atoms with Crippen LogP contribution in [0.4, 0.5) is 5.69 Å². The predicted octanol–water partition coefficient (Wildman–Crippen LogP) is 2.34. The molecule has 2 unspecified atom stereocenters. The first kappa shape index (κ1) is 12.4. The van der Waals surface area contributed by atoms with E-state index < -0.39 is 0 Å². The van der Waals surface area contributed by atoms with Crippen molar-refractivity contribution in [1.29, 1.82) is 0 Å². The molecule has 1 aromatic rings. The lowest BCUT2D eigenvalue weighted by Crippen LogP contribution is -2.36. The molecule has 0 aromatic carbocycles. The van der Waals surface area contributed by atoms with Gasteiger partial charge in [-0.2, -0.15) is 5.10 Å². The minimum Gasteiger partial charge on any atom is -0.379 e. The summed E-state index contributed by atoms with van der Waals surface area (Å²) in [4.78, 5) is 0. The highest BCUT2D eigenvalue weighted by Gasteiger charge is 2.25. The van der Waals surface area contributed by atoms with E-state index in [9.17, 15) is 0 Å². The van der Waals surface area contributed by atoms with Crippen LogP contribution in [0.3, 0.4) is 0 Å². The highest BCUT2D eigenvalue weighted by Crippen LogP contribution is 2.24. The number of hydrogen-bond acceptors (Lipinski definition) is 3. The second kappa shape index (κ2) is 5.08. The molecule has 1 aliphatic heterocycles. The molecule has 0 bridgehead atoms. The zero-order chi connectivity index (χ0) is 12.4. The fraction of sp³-hybridized carbons (Fsp3) is 0.769. The van der Waals surface area contributed by atoms with Crippen molar-refractivity contribution in [2.24, 2.45) is 13.0 Å². The van der Waals surface area contributed by atoms with Crippen molar-refractivity contribution in [1.82, 2.24) is 9.78 Å². The van der Waals surface area contributed by atoms with E-state index in [0.29, 0.717) is 18.1 Å². The van der Waals surface area contributed by atoms with Gasteiger partial charge in [-0.05, 0) is 25.7 Å². The molecular weight excluding hydrogens is 214 g/mol. The average molecular weight is 237 g/mol. The maximum Gasteiger partial charge on any atom is 0.0825 e. The van der Waals surface area contributed by atoms with E-state index in [0.717, 1.165) is 30.8 Å². The van der Waals surface area contributed by atoms with Crippen LogP contribution in [-0.2, 0) is 11.8 Å². The van der Waals surface area contributed by atoms with Gasteiger partial charge in [0.15, 0.2) is 0 Å². The summed E-state index contributed by atoms with van der Waals surface area (Å²) in [7, 11) is 1.96. The van der Waals surface area contributed by atoms with Crippen LogP contribution < -0.4 is 5.32 Å². The number of rotatable bonds is 3. The summed E-state index contributed by atoms with van der Waals surface area (Å²) in [6, 6.07) is 0.513. The molecule has 0 saturated carbocycles. The van der Waals surface area contributed by atoms with Crippen molar-refractivity contribution in [3.63, 3.8) is 0 Å². The van der Waals surface area contributed by atoms with Crippen LogP contribution in [0, 0.1) is 12.8 Å². The summed E-state index contributed by atoms with van der Waals surface area (Å²) in [5.74, 6) is 0.592. The first-order chi connectivity index (χ1) is 8.06. The summed E-state index contributed by atoms with van der Waals surface area (Å²) >= 11 is 0. The van der Waals surface area contributed by atoms with Crippen molar-refractivity contribution in [2.45, 2.75) is 45.8 Å². The molecule has 1 N–H and O–H groups in total. The van der Waals surface area contributed by atoms with Crippen molar-refractivity contribution in [3.8, 4) is 0 Å². The Kier molecular flexibility index (Phi) is 3.72. The highest BCUT2D eigenvalue weighted by atomic mass is 16.5. The Morgan fingerprint density at radius 1 is 1.53 bits per heavy atom. The molecule has 1 saturated heterocycles. The van der Waals surface area contributed by atoms with E-state index in [4.69, 9.17) is 4.74 Å². The third-order valence-corrected chi connectivity index (χ3v) is 3.43. The van der Waals surface area contributed by atoms with Crippen LogP contribution >= 0.6 is 0 Å². The van der Waals surface area contributed by atoms with E-state index in [1.165, 1.54) is 0 Å². The summed E-state index contributed by atoms with van der Waals surface area (Å²) < 4.78 is 7.64. The number of nitrogens with one attached hydrogen (secondary N) is 1. The molecule has 2 rings (SSSR count). The molecule has 0 spiro atoms. The van der Waals surface area contributed by atoms with Gasteiger partial charge in [-0.3, -0.25) is 4.68 Å². The van der Waals surface area contributed by atoms with Gasteiger partial charge in [0.2, 0.25) is 0 Å². The Morgan fingerprint density at radius 2 is 2.29 bits per heavy atom. The van der Waals surface area contributed by atoms with Gasteiger partial charge in [0.05, 0.1) is 17.5 Å². The molecule has 0 aliphatic carbocycles. The molecule has 2 atom stereocenters. The van der Waals surface area contributed by atoms with Crippen LogP contribution in [0.15, 0.2) is 6.20 Å². The third-order valence-electron chi connectivity index (χ3n) is 3.43. The van der Waals surface area contributed by atoms with Crippen LogP contribution in [-0.4, -0.2) is 28.5 Å². The van der Waals surface area contributed by atoms with Crippen molar-refractivity contribution in [2.75, 3.05) is 11.9 Å². The fourth-order valence-electron chi connectivity index (χ4n) is 2.38. The van der Waals surface area contributed by atoms with Gasteiger partial charge in [-0.15, -0.1) is 0 Å². The smallest absolute Gasteiger partial charge is 0.0825 e. The molecule has 1 aliphatic rings. The Morgan fingerprint density at radius 3 is 2.88 bits per heavy atom. The molecule has 0 radical (unpaired) electrons. The number of aryl methyl sites for hydroxylation is 2. The van der Waals surface area contributed by atoms with Crippen LogP contribution in [0.5, 0.6) is 0 Å². The van der Waals surface area contributed by atoms with Gasteiger partial charge in [-0.25, -0.2) is 0 Å². The summed E-state index contributed by atoms with van der Waals surface area (Å²) in [6.45, 7) is 7.35. The van der Waals surface area contributed by atoms with Gasteiger partial charge < -0.3 is 10.1 Å². The van der Waals surface area contributed by atoms with Gasteiger partial charge in [0.25, 0.3) is 0 Å². The zero-order valence-corrected chi connectivity index (χ0v) is 11.2. The van der Waals surface area contributed by atoms with E-state index in [1.807, 2.05) is 18.7 Å². The van der Waals surface area contributed by atoms with E-state index >= 15 is 0 Å². The second-order valence-corrected chi connectivity index (χ2v) is 5.32. The Bertz CT molecular complexity index is 373. The molecule has 4 heteroatoms.